The number of aliphatic hydroxyl groups is 1. The smallest absolute Gasteiger partial charge is 0.407 e. The maximum absolute atomic E-state index is 12.8. The van der Waals surface area contributed by atoms with E-state index in [9.17, 15) is 19.5 Å². The van der Waals surface area contributed by atoms with Crippen molar-refractivity contribution in [3.63, 3.8) is 0 Å². The fraction of sp³-hybridized carbons (Fsp3) is 0.343. The van der Waals surface area contributed by atoms with E-state index in [-0.39, 0.29) is 13.2 Å². The van der Waals surface area contributed by atoms with E-state index in [0.29, 0.717) is 18.0 Å². The van der Waals surface area contributed by atoms with Gasteiger partial charge in [-0.2, -0.15) is 0 Å². The molecule has 13 nitrogen and oxygen atoms in total. The molecule has 1 aliphatic heterocycles. The van der Waals surface area contributed by atoms with E-state index in [0.717, 1.165) is 27.3 Å². The van der Waals surface area contributed by atoms with E-state index in [1.165, 1.54) is 6.20 Å². The van der Waals surface area contributed by atoms with Crippen LogP contribution in [0.15, 0.2) is 101 Å². The van der Waals surface area contributed by atoms with Gasteiger partial charge in [0.15, 0.2) is 12.3 Å². The Morgan fingerprint density at radius 2 is 1.50 bits per heavy atom. The molecule has 1 aromatic heterocycles. The summed E-state index contributed by atoms with van der Waals surface area (Å²) in [5.74, 6) is 1.31. The Morgan fingerprint density at radius 3 is 2.04 bits per heavy atom. The third-order valence-electron chi connectivity index (χ3n) is 8.15. The third kappa shape index (κ3) is 7.44. The zero-order valence-corrected chi connectivity index (χ0v) is 27.2. The molecule has 2 heterocycles. The summed E-state index contributed by atoms with van der Waals surface area (Å²) >= 11 is 0. The van der Waals surface area contributed by atoms with Crippen molar-refractivity contribution < 1.29 is 33.6 Å². The van der Waals surface area contributed by atoms with E-state index < -0.39 is 47.5 Å². The number of alkyl carbamates (subject to hydrolysis) is 1. The van der Waals surface area contributed by atoms with E-state index in [4.69, 9.17) is 23.7 Å². The van der Waals surface area contributed by atoms with Gasteiger partial charge in [-0.15, -0.1) is 0 Å². The van der Waals surface area contributed by atoms with Crippen LogP contribution in [-0.2, 0) is 19.8 Å². The Balaban J connectivity index is 1.53. The Morgan fingerprint density at radius 1 is 0.917 bits per heavy atom. The maximum atomic E-state index is 12.8. The number of ether oxygens (including phenoxy) is 5. The van der Waals surface area contributed by atoms with Crippen LogP contribution >= 0.6 is 0 Å². The van der Waals surface area contributed by atoms with Crippen LogP contribution in [0.25, 0.3) is 0 Å². The molecule has 1 amide bonds. The van der Waals surface area contributed by atoms with Crippen LogP contribution in [0.5, 0.6) is 11.5 Å². The molecule has 0 saturated carbocycles. The highest BCUT2D eigenvalue weighted by Gasteiger charge is 2.49. The first-order valence-electron chi connectivity index (χ1n) is 15.4. The molecule has 4 aromatic rings. The minimum atomic E-state index is -1.42. The lowest BCUT2D eigenvalue weighted by atomic mass is 9.80. The third-order valence-corrected chi connectivity index (χ3v) is 8.15. The second kappa shape index (κ2) is 15.3. The van der Waals surface area contributed by atoms with Crippen molar-refractivity contribution in [3.8, 4) is 11.5 Å². The lowest BCUT2D eigenvalue weighted by Gasteiger charge is -2.37. The Kier molecular flexibility index (Phi) is 11.0. The highest BCUT2D eigenvalue weighted by atomic mass is 16.6. The molecule has 3 N–H and O–H groups in total. The van der Waals surface area contributed by atoms with Gasteiger partial charge >= 0.3 is 11.8 Å². The average Bonchev–Trinajstić information content (AvgIpc) is 3.39. The van der Waals surface area contributed by atoms with Crippen molar-refractivity contribution in [2.45, 2.75) is 30.1 Å². The molecular weight excluding hydrogens is 620 g/mol. The molecule has 3 aromatic carbocycles. The number of carbonyl (C=O) groups excluding carboxylic acids is 1. The molecule has 0 spiro atoms. The van der Waals surface area contributed by atoms with Gasteiger partial charge in [0.25, 0.3) is 5.56 Å². The number of nitrogens with one attached hydrogen (secondary N) is 2. The molecule has 5 rings (SSSR count). The number of hydrogen-bond donors (Lipinski definition) is 3. The van der Waals surface area contributed by atoms with E-state index in [1.54, 1.807) is 14.2 Å². The van der Waals surface area contributed by atoms with Crippen molar-refractivity contribution in [3.05, 3.63) is 129 Å². The van der Waals surface area contributed by atoms with E-state index in [2.05, 4.69) is 10.3 Å². The first-order valence-corrected chi connectivity index (χ1v) is 15.4. The van der Waals surface area contributed by atoms with Crippen LogP contribution in [-0.4, -0.2) is 92.0 Å². The van der Waals surface area contributed by atoms with Crippen LogP contribution in [0.4, 0.5) is 4.79 Å². The summed E-state index contributed by atoms with van der Waals surface area (Å²) in [5.41, 5.74) is -0.329. The van der Waals surface area contributed by atoms with Crippen LogP contribution in [0.2, 0.25) is 0 Å². The molecule has 4 atom stereocenters. The summed E-state index contributed by atoms with van der Waals surface area (Å²) in [4.78, 5) is 41.5. The minimum absolute atomic E-state index is 0.204. The van der Waals surface area contributed by atoms with Gasteiger partial charge in [0.2, 0.25) is 0 Å². The number of likely N-dealkylation sites (N-methyl/N-ethyl adjacent to an activating group) is 1. The number of nitrogens with zero attached hydrogens (tertiary/aromatic N) is 2. The molecule has 0 radical (unpaired) electrons. The van der Waals surface area contributed by atoms with Crippen molar-refractivity contribution >= 4 is 6.09 Å². The SMILES string of the molecule is COc1ccc(C(OC[C@H]2O[C@@H](n3ccc(=O)[nH]c3=O)[C@H](OC(=O)NCCN(C)C)[C@@H]2O)(c2ccccc2)c2ccc(OC)cc2)cc1. The Labute approximate surface area is 277 Å². The fourth-order valence-electron chi connectivity index (χ4n) is 5.66. The largest absolute Gasteiger partial charge is 0.497 e. The normalized spacial score (nSPS) is 19.2. The second-order valence-electron chi connectivity index (χ2n) is 11.5. The van der Waals surface area contributed by atoms with Gasteiger partial charge in [-0.05, 0) is 55.1 Å². The molecule has 1 saturated heterocycles. The number of rotatable bonds is 13. The van der Waals surface area contributed by atoms with Crippen molar-refractivity contribution in [1.82, 2.24) is 19.8 Å². The van der Waals surface area contributed by atoms with Gasteiger partial charge in [0, 0.05) is 25.4 Å². The van der Waals surface area contributed by atoms with Crippen molar-refractivity contribution in [2.75, 3.05) is 48.0 Å². The number of benzene rings is 3. The van der Waals surface area contributed by atoms with Crippen molar-refractivity contribution in [2.24, 2.45) is 0 Å². The zero-order chi connectivity index (χ0) is 34.3. The molecule has 0 bridgehead atoms. The fourth-order valence-corrected chi connectivity index (χ4v) is 5.66. The maximum Gasteiger partial charge on any atom is 0.407 e. The van der Waals surface area contributed by atoms with Gasteiger partial charge in [0.05, 0.1) is 20.8 Å². The standard InChI is InChI=1S/C35H40N4O9/c1-38(2)21-19-36-34(43)48-31-30(41)28(47-32(31)39-20-18-29(40)37-33(39)42)22-46-35(23-8-6-5-7-9-23,24-10-14-26(44-3)15-11-24)25-12-16-27(45-4)17-13-25/h5-18,20,28,30-32,41H,19,21-22H2,1-4H3,(H,36,43)(H,37,40,42)/t28-,30-,31-,32-/m1/s1. The first-order chi connectivity index (χ1) is 23.2. The van der Waals surface area contributed by atoms with Gasteiger partial charge < -0.3 is 39.0 Å². The number of aromatic nitrogens is 2. The molecule has 254 valence electrons. The summed E-state index contributed by atoms with van der Waals surface area (Å²) in [6.07, 6.45) is -4.67. The number of H-pyrrole nitrogens is 1. The quantitative estimate of drug-likeness (QED) is 0.182. The predicted octanol–water partition coefficient (Wildman–Crippen LogP) is 2.48. The number of carbonyl (C=O) groups is 1. The summed E-state index contributed by atoms with van der Waals surface area (Å²) in [6, 6.07) is 25.6. The summed E-state index contributed by atoms with van der Waals surface area (Å²) in [6.45, 7) is 0.635. The molecule has 1 fully saturated rings. The Hall–Kier alpha value is -4.95. The van der Waals surface area contributed by atoms with Crippen LogP contribution in [0, 0.1) is 0 Å². The highest BCUT2D eigenvalue weighted by molar-refractivity contribution is 5.67. The Bertz CT molecular complexity index is 1710. The molecule has 1 aliphatic rings. The van der Waals surface area contributed by atoms with E-state index in [1.807, 2.05) is 97.9 Å². The second-order valence-corrected chi connectivity index (χ2v) is 11.5. The van der Waals surface area contributed by atoms with Gasteiger partial charge in [-0.25, -0.2) is 9.59 Å². The number of hydrogen-bond acceptors (Lipinski definition) is 10. The monoisotopic (exact) mass is 660 g/mol. The van der Waals surface area contributed by atoms with Gasteiger partial charge in [0.1, 0.15) is 29.3 Å². The molecule has 13 heteroatoms. The van der Waals surface area contributed by atoms with Crippen LogP contribution in [0.3, 0.4) is 0 Å². The summed E-state index contributed by atoms with van der Waals surface area (Å²) in [7, 11) is 6.89. The van der Waals surface area contributed by atoms with Gasteiger partial charge in [-0.3, -0.25) is 14.3 Å². The number of aliphatic hydroxyl groups excluding tert-OH is 1. The molecule has 48 heavy (non-hydrogen) atoms. The molecule has 0 unspecified atom stereocenters. The lowest BCUT2D eigenvalue weighted by molar-refractivity contribution is -0.0960. The highest BCUT2D eigenvalue weighted by Crippen LogP contribution is 2.43. The van der Waals surface area contributed by atoms with Gasteiger partial charge in [-0.1, -0.05) is 54.6 Å². The molecular formula is C35H40N4O9. The zero-order valence-electron chi connectivity index (χ0n) is 27.2. The summed E-state index contributed by atoms with van der Waals surface area (Å²) < 4.78 is 30.7. The number of methoxy groups -OCH3 is 2. The average molecular weight is 661 g/mol. The number of amides is 1. The first kappa shape index (κ1) is 34.4. The van der Waals surface area contributed by atoms with Crippen molar-refractivity contribution in [1.29, 1.82) is 0 Å². The molecule has 0 aliphatic carbocycles. The number of aromatic amines is 1. The topological polar surface area (TPSA) is 154 Å². The van der Waals surface area contributed by atoms with E-state index >= 15 is 0 Å². The predicted molar refractivity (Wildman–Crippen MR) is 176 cm³/mol. The summed E-state index contributed by atoms with van der Waals surface area (Å²) in [5, 5.41) is 14.2. The van der Waals surface area contributed by atoms with Crippen LogP contribution in [0.1, 0.15) is 22.9 Å². The van der Waals surface area contributed by atoms with Crippen LogP contribution < -0.4 is 26.0 Å². The lowest BCUT2D eigenvalue weighted by Crippen LogP contribution is -2.43. The minimum Gasteiger partial charge on any atom is -0.497 e.